The van der Waals surface area contributed by atoms with Crippen LogP contribution in [0.15, 0.2) is 83.8 Å². The largest absolute Gasteiger partial charge is 0.573 e. The van der Waals surface area contributed by atoms with Crippen LogP contribution in [-0.4, -0.2) is 73.6 Å². The molecule has 15 heteroatoms. The van der Waals surface area contributed by atoms with Gasteiger partial charge in [-0.2, -0.15) is 4.31 Å². The Kier molecular flexibility index (Phi) is 9.84. The number of Topliss-reactive ketones (excluding diaryl/α,β-unsaturated/α-hetero) is 1. The molecule has 4 aromatic rings. The van der Waals surface area contributed by atoms with Crippen LogP contribution in [-0.2, 0) is 21.2 Å². The van der Waals surface area contributed by atoms with Gasteiger partial charge in [-0.3, -0.25) is 4.79 Å². The Morgan fingerprint density at radius 1 is 0.857 bits per heavy atom. The molecule has 2 saturated heterocycles. The highest BCUT2D eigenvalue weighted by Crippen LogP contribution is 2.31. The summed E-state index contributed by atoms with van der Waals surface area (Å²) in [5.41, 5.74) is 1.53. The smallest absolute Gasteiger partial charge is 0.406 e. The summed E-state index contributed by atoms with van der Waals surface area (Å²) < 4.78 is 98.7. The first kappa shape index (κ1) is 34.2. The lowest BCUT2D eigenvalue weighted by atomic mass is 10.0. The van der Waals surface area contributed by atoms with Crippen molar-refractivity contribution in [3.63, 3.8) is 0 Å². The van der Waals surface area contributed by atoms with E-state index in [1.165, 1.54) is 36.4 Å². The van der Waals surface area contributed by atoms with Crippen molar-refractivity contribution in [1.82, 2.24) is 14.3 Å². The van der Waals surface area contributed by atoms with Crippen molar-refractivity contribution in [3.05, 3.63) is 96.2 Å². The Bertz CT molecular complexity index is 1920. The lowest BCUT2D eigenvalue weighted by molar-refractivity contribution is -0.274. The number of halogens is 5. The summed E-state index contributed by atoms with van der Waals surface area (Å²) in [6.07, 6.45) is -4.03. The topological polar surface area (TPSA) is 95.9 Å². The number of alkyl halides is 3. The first-order valence-electron chi connectivity index (χ1n) is 15.7. The number of para-hydroxylation sites is 1. The maximum atomic E-state index is 14.4. The molecule has 2 fully saturated rings. The van der Waals surface area contributed by atoms with Gasteiger partial charge >= 0.3 is 6.36 Å². The zero-order valence-corrected chi connectivity index (χ0v) is 26.9. The quantitative estimate of drug-likeness (QED) is 0.186. The van der Waals surface area contributed by atoms with Gasteiger partial charge in [0.15, 0.2) is 5.78 Å². The summed E-state index contributed by atoms with van der Waals surface area (Å²) in [5, 5.41) is 0. The van der Waals surface area contributed by atoms with Gasteiger partial charge in [0.25, 0.3) is 0 Å². The molecule has 6 rings (SSSR count). The molecule has 0 radical (unpaired) electrons. The van der Waals surface area contributed by atoms with Crippen LogP contribution in [0, 0.1) is 11.6 Å². The minimum Gasteiger partial charge on any atom is -0.406 e. The fourth-order valence-corrected chi connectivity index (χ4v) is 7.80. The molecule has 0 spiro atoms. The van der Waals surface area contributed by atoms with E-state index in [4.69, 9.17) is 4.98 Å². The Morgan fingerprint density at radius 3 is 2.29 bits per heavy atom. The average Bonchev–Trinajstić information content (AvgIpc) is 3.59. The molecular formula is C34H32F5N5O4S. The lowest BCUT2D eigenvalue weighted by Crippen LogP contribution is -2.47. The van der Waals surface area contributed by atoms with Crippen LogP contribution in [0.25, 0.3) is 11.3 Å². The number of hydrogen-bond acceptors (Lipinski definition) is 8. The summed E-state index contributed by atoms with van der Waals surface area (Å²) in [6, 6.07) is 16.9. The highest BCUT2D eigenvalue weighted by molar-refractivity contribution is 7.89. The van der Waals surface area contributed by atoms with Crippen molar-refractivity contribution >= 4 is 27.4 Å². The summed E-state index contributed by atoms with van der Waals surface area (Å²) in [5.74, 6) is -1.37. The number of aromatic nitrogens is 2. The van der Waals surface area contributed by atoms with Gasteiger partial charge in [-0.15, -0.1) is 13.2 Å². The number of carbonyl (C=O) groups excluding carboxylic acids is 1. The van der Waals surface area contributed by atoms with Crippen LogP contribution < -0.4 is 14.5 Å². The van der Waals surface area contributed by atoms with Crippen molar-refractivity contribution in [3.8, 4) is 17.0 Å². The van der Waals surface area contributed by atoms with Crippen LogP contribution >= 0.6 is 0 Å². The molecule has 258 valence electrons. The van der Waals surface area contributed by atoms with Crippen LogP contribution in [0.2, 0.25) is 0 Å². The van der Waals surface area contributed by atoms with Gasteiger partial charge < -0.3 is 14.5 Å². The number of piperazine rings is 1. The van der Waals surface area contributed by atoms with E-state index in [1.54, 1.807) is 30.3 Å². The molecule has 9 nitrogen and oxygen atoms in total. The molecule has 0 amide bonds. The van der Waals surface area contributed by atoms with Gasteiger partial charge in [0, 0.05) is 50.4 Å². The summed E-state index contributed by atoms with van der Waals surface area (Å²) >= 11 is 0. The van der Waals surface area contributed by atoms with E-state index in [9.17, 15) is 35.2 Å². The zero-order valence-electron chi connectivity index (χ0n) is 26.1. The molecule has 1 atom stereocenters. The molecule has 2 aliphatic rings. The third kappa shape index (κ3) is 7.99. The van der Waals surface area contributed by atoms with Gasteiger partial charge in [0.1, 0.15) is 17.4 Å². The molecule has 0 unspecified atom stereocenters. The zero-order chi connectivity index (χ0) is 34.8. The number of benzene rings is 3. The van der Waals surface area contributed by atoms with E-state index in [0.29, 0.717) is 61.7 Å². The highest BCUT2D eigenvalue weighted by Gasteiger charge is 2.39. The van der Waals surface area contributed by atoms with E-state index in [1.807, 2.05) is 9.80 Å². The van der Waals surface area contributed by atoms with Gasteiger partial charge in [-0.1, -0.05) is 24.3 Å². The molecule has 2 aliphatic heterocycles. The predicted molar refractivity (Wildman–Crippen MR) is 172 cm³/mol. The molecule has 3 aromatic carbocycles. The molecule has 3 heterocycles. The maximum Gasteiger partial charge on any atom is 0.573 e. The van der Waals surface area contributed by atoms with Crippen molar-refractivity contribution in [1.29, 1.82) is 0 Å². The highest BCUT2D eigenvalue weighted by atomic mass is 32.2. The second-order valence-electron chi connectivity index (χ2n) is 11.7. The summed E-state index contributed by atoms with van der Waals surface area (Å²) in [7, 11) is -4.05. The van der Waals surface area contributed by atoms with E-state index in [0.717, 1.165) is 16.4 Å². The SMILES string of the molecule is O=C(CCc1cc(-c2cccc(OC(F)(F)F)c2)nc(N2CCN(c3ccccc3F)CC2)n1)[C@@H]1CCCN1S(=O)(=O)c1ccc(F)cc1. The third-order valence-electron chi connectivity index (χ3n) is 8.51. The monoisotopic (exact) mass is 701 g/mol. The second kappa shape index (κ2) is 14.1. The van der Waals surface area contributed by atoms with Crippen molar-refractivity contribution in [2.24, 2.45) is 0 Å². The molecule has 0 N–H and O–H groups in total. The van der Waals surface area contributed by atoms with Gasteiger partial charge in [0.2, 0.25) is 16.0 Å². The van der Waals surface area contributed by atoms with Crippen LogP contribution in [0.3, 0.4) is 0 Å². The number of nitrogens with zero attached hydrogens (tertiary/aromatic N) is 5. The van der Waals surface area contributed by atoms with Gasteiger partial charge in [-0.25, -0.2) is 27.2 Å². The molecular weight excluding hydrogens is 669 g/mol. The summed E-state index contributed by atoms with van der Waals surface area (Å²) in [4.78, 5) is 26.5. The number of ketones is 1. The Balaban J connectivity index is 1.23. The number of hydrogen-bond donors (Lipinski definition) is 0. The molecule has 1 aromatic heterocycles. The first-order chi connectivity index (χ1) is 23.4. The number of sulfonamides is 1. The second-order valence-corrected chi connectivity index (χ2v) is 13.6. The van der Waals surface area contributed by atoms with Gasteiger partial charge in [-0.05, 0) is 73.9 Å². The Hall–Kier alpha value is -4.63. The third-order valence-corrected chi connectivity index (χ3v) is 10.4. The normalized spacial score (nSPS) is 17.4. The van der Waals surface area contributed by atoms with Crippen molar-refractivity contribution < 1.29 is 39.9 Å². The van der Waals surface area contributed by atoms with Crippen LogP contribution in [0.1, 0.15) is 25.0 Å². The Labute approximate surface area is 280 Å². The van der Waals surface area contributed by atoms with E-state index in [-0.39, 0.29) is 41.8 Å². The number of anilines is 2. The van der Waals surface area contributed by atoms with E-state index in [2.05, 4.69) is 9.72 Å². The molecule has 0 aliphatic carbocycles. The fourth-order valence-electron chi connectivity index (χ4n) is 6.12. The first-order valence-corrected chi connectivity index (χ1v) is 17.1. The average molecular weight is 702 g/mol. The molecule has 0 bridgehead atoms. The van der Waals surface area contributed by atoms with E-state index < -0.39 is 34.0 Å². The molecule has 0 saturated carbocycles. The minimum atomic E-state index is -4.89. The fraction of sp³-hybridized carbons (Fsp3) is 0.324. The van der Waals surface area contributed by atoms with Gasteiger partial charge in [0.05, 0.1) is 22.3 Å². The predicted octanol–water partition coefficient (Wildman–Crippen LogP) is 6.00. The van der Waals surface area contributed by atoms with Crippen LogP contribution in [0.4, 0.5) is 33.6 Å². The number of carbonyl (C=O) groups is 1. The van der Waals surface area contributed by atoms with E-state index >= 15 is 0 Å². The van der Waals surface area contributed by atoms with Crippen LogP contribution in [0.5, 0.6) is 5.75 Å². The Morgan fingerprint density at radius 2 is 1.57 bits per heavy atom. The molecule has 49 heavy (non-hydrogen) atoms. The lowest BCUT2D eigenvalue weighted by Gasteiger charge is -2.36. The number of aryl methyl sites for hydroxylation is 1. The van der Waals surface area contributed by atoms with Crippen molar-refractivity contribution in [2.75, 3.05) is 42.5 Å². The maximum absolute atomic E-state index is 14.4. The standard InChI is InChI=1S/C34H32F5N5O4S/c35-24-10-13-27(14-11-24)49(46,47)44-16-4-9-31(44)32(45)15-12-25-22-29(23-5-3-6-26(21-23)48-34(37,38)39)41-33(40-25)43-19-17-42(18-20-43)30-8-2-1-7-28(30)36/h1-3,5-8,10-11,13-14,21-22,31H,4,9,12,15-20H2/t31-/m0/s1. The van der Waals surface area contributed by atoms with Crippen molar-refractivity contribution in [2.45, 2.75) is 43.0 Å². The number of ether oxygens (including phenoxy) is 1. The number of rotatable bonds is 10. The summed E-state index contributed by atoms with van der Waals surface area (Å²) in [6.45, 7) is 1.90. The minimum absolute atomic E-state index is 0.0612.